The first-order valence-corrected chi connectivity index (χ1v) is 8.56. The monoisotopic (exact) mass is 361 g/mol. The first-order chi connectivity index (χ1) is 12.1. The van der Waals surface area contributed by atoms with Crippen LogP contribution in [0.15, 0.2) is 36.7 Å². The molecule has 4 heterocycles. The van der Waals surface area contributed by atoms with Gasteiger partial charge in [0.05, 0.1) is 23.3 Å². The van der Waals surface area contributed by atoms with Gasteiger partial charge in [-0.25, -0.2) is 19.2 Å². The molecule has 0 saturated carbocycles. The Morgan fingerprint density at radius 3 is 2.60 bits per heavy atom. The summed E-state index contributed by atoms with van der Waals surface area (Å²) in [5, 5.41) is 3.38. The van der Waals surface area contributed by atoms with Crippen molar-refractivity contribution in [1.82, 2.24) is 14.9 Å². The molecule has 6 nitrogen and oxygen atoms in total. The first kappa shape index (κ1) is 16.1. The fraction of sp³-hybridized carbons (Fsp3) is 0.353. The van der Waals surface area contributed by atoms with E-state index in [9.17, 15) is 9.18 Å². The highest BCUT2D eigenvalue weighted by atomic mass is 35.5. The van der Waals surface area contributed by atoms with Crippen molar-refractivity contribution < 1.29 is 9.18 Å². The zero-order valence-electron chi connectivity index (χ0n) is 13.4. The van der Waals surface area contributed by atoms with Gasteiger partial charge in [-0.2, -0.15) is 0 Å². The maximum absolute atomic E-state index is 12.9. The first-order valence-electron chi connectivity index (χ1n) is 8.18. The Labute approximate surface area is 149 Å². The average Bonchev–Trinajstić information content (AvgIpc) is 2.88. The van der Waals surface area contributed by atoms with Crippen LogP contribution in [0, 0.1) is 5.82 Å². The number of hydrogen-bond acceptors (Lipinski definition) is 4. The number of nitrogens with zero attached hydrogens (tertiary/aromatic N) is 4. The molecule has 2 unspecified atom stereocenters. The van der Waals surface area contributed by atoms with E-state index in [2.05, 4.69) is 20.2 Å². The molecule has 25 heavy (non-hydrogen) atoms. The van der Waals surface area contributed by atoms with E-state index in [0.29, 0.717) is 23.9 Å². The van der Waals surface area contributed by atoms with E-state index in [1.165, 1.54) is 12.1 Å². The molecule has 0 radical (unpaired) electrons. The number of nitrogens with one attached hydrogen (secondary N) is 1. The van der Waals surface area contributed by atoms with Crippen molar-refractivity contribution in [3.05, 3.63) is 47.5 Å². The van der Waals surface area contributed by atoms with E-state index in [4.69, 9.17) is 11.6 Å². The number of fused-ring (bicyclic) bond motifs is 2. The minimum atomic E-state index is -0.432. The third-order valence-electron chi connectivity index (χ3n) is 4.72. The molecule has 2 atom stereocenters. The Hall–Kier alpha value is -2.41. The minimum absolute atomic E-state index is 0.0947. The second-order valence-corrected chi connectivity index (χ2v) is 6.71. The van der Waals surface area contributed by atoms with E-state index < -0.39 is 5.82 Å². The highest BCUT2D eigenvalue weighted by Crippen LogP contribution is 2.34. The van der Waals surface area contributed by atoms with Crippen LogP contribution in [0.25, 0.3) is 0 Å². The molecule has 1 N–H and O–H groups in total. The van der Waals surface area contributed by atoms with Crippen LogP contribution in [-0.2, 0) is 0 Å². The second kappa shape index (κ2) is 6.48. The third-order valence-corrected chi connectivity index (χ3v) is 5.01. The van der Waals surface area contributed by atoms with Crippen molar-refractivity contribution in [2.45, 2.75) is 24.9 Å². The van der Waals surface area contributed by atoms with E-state index >= 15 is 0 Å². The normalized spacial score (nSPS) is 22.2. The Morgan fingerprint density at radius 1 is 1.20 bits per heavy atom. The van der Waals surface area contributed by atoms with Gasteiger partial charge in [0.1, 0.15) is 17.5 Å². The molecule has 0 aromatic carbocycles. The second-order valence-electron chi connectivity index (χ2n) is 6.30. The number of anilines is 2. The van der Waals surface area contributed by atoms with E-state index in [1.54, 1.807) is 12.3 Å². The number of carbonyl (C=O) groups is 1. The maximum Gasteiger partial charge on any atom is 0.323 e. The molecule has 2 aliphatic rings. The minimum Gasteiger partial charge on any atom is -0.351 e. The molecule has 2 bridgehead atoms. The lowest BCUT2D eigenvalue weighted by molar-refractivity contribution is 0.175. The molecule has 2 aliphatic heterocycles. The highest BCUT2D eigenvalue weighted by molar-refractivity contribution is 6.32. The summed E-state index contributed by atoms with van der Waals surface area (Å²) < 4.78 is 12.9. The van der Waals surface area contributed by atoms with Gasteiger partial charge in [-0.1, -0.05) is 11.6 Å². The number of carbonyl (C=O) groups excluding carboxylic acids is 1. The summed E-state index contributed by atoms with van der Waals surface area (Å²) in [5.41, 5.74) is 0. The number of pyridine rings is 2. The lowest BCUT2D eigenvalue weighted by Crippen LogP contribution is -2.57. The molecule has 0 aliphatic carbocycles. The standard InChI is InChI=1S/C17H17ClFN5O/c18-14-2-1-7-20-16(14)23-9-12-4-5-13(10-23)24(12)17(25)22-15-6-3-11(19)8-21-15/h1-3,6-8,12-13H,4-5,9-10H2,(H,21,22,25). The predicted molar refractivity (Wildman–Crippen MR) is 93.3 cm³/mol. The Bertz CT molecular complexity index is 773. The van der Waals surface area contributed by atoms with Crippen LogP contribution >= 0.6 is 11.6 Å². The number of halogens is 2. The van der Waals surface area contributed by atoms with Crippen LogP contribution in [-0.4, -0.2) is 46.1 Å². The van der Waals surface area contributed by atoms with Gasteiger partial charge in [0, 0.05) is 19.3 Å². The van der Waals surface area contributed by atoms with Gasteiger partial charge in [-0.15, -0.1) is 0 Å². The summed E-state index contributed by atoms with van der Waals surface area (Å²) in [7, 11) is 0. The Balaban J connectivity index is 1.48. The summed E-state index contributed by atoms with van der Waals surface area (Å²) in [6.45, 7) is 1.38. The van der Waals surface area contributed by atoms with Crippen molar-refractivity contribution in [2.75, 3.05) is 23.3 Å². The van der Waals surface area contributed by atoms with Crippen LogP contribution in [0.4, 0.5) is 20.8 Å². The molecule has 2 saturated heterocycles. The molecular weight excluding hydrogens is 345 g/mol. The molecule has 2 amide bonds. The van der Waals surface area contributed by atoms with Gasteiger partial charge in [-0.3, -0.25) is 5.32 Å². The van der Waals surface area contributed by atoms with Crippen molar-refractivity contribution in [3.8, 4) is 0 Å². The third kappa shape index (κ3) is 3.11. The van der Waals surface area contributed by atoms with Gasteiger partial charge in [0.15, 0.2) is 0 Å². The summed E-state index contributed by atoms with van der Waals surface area (Å²) in [6, 6.07) is 6.36. The smallest absolute Gasteiger partial charge is 0.323 e. The molecule has 130 valence electrons. The molecule has 4 rings (SSSR count). The molecule has 2 fully saturated rings. The number of rotatable bonds is 2. The average molecular weight is 362 g/mol. The van der Waals surface area contributed by atoms with Gasteiger partial charge in [0.25, 0.3) is 0 Å². The van der Waals surface area contributed by atoms with Gasteiger partial charge >= 0.3 is 6.03 Å². The number of urea groups is 1. The molecule has 2 aromatic rings. The summed E-state index contributed by atoms with van der Waals surface area (Å²) >= 11 is 6.26. The summed E-state index contributed by atoms with van der Waals surface area (Å²) in [6.07, 6.45) is 4.69. The topological polar surface area (TPSA) is 61.4 Å². The Morgan fingerprint density at radius 2 is 1.96 bits per heavy atom. The van der Waals surface area contributed by atoms with Crippen LogP contribution in [0.3, 0.4) is 0 Å². The van der Waals surface area contributed by atoms with Gasteiger partial charge in [0.2, 0.25) is 0 Å². The molecule has 0 spiro atoms. The number of hydrogen-bond donors (Lipinski definition) is 1. The fourth-order valence-electron chi connectivity index (χ4n) is 3.64. The molecule has 2 aromatic heterocycles. The van der Waals surface area contributed by atoms with E-state index in [-0.39, 0.29) is 18.1 Å². The fourth-order valence-corrected chi connectivity index (χ4v) is 3.88. The summed E-state index contributed by atoms with van der Waals surface area (Å²) in [5.74, 6) is 0.682. The van der Waals surface area contributed by atoms with E-state index in [1.807, 2.05) is 11.0 Å². The number of amides is 2. The zero-order chi connectivity index (χ0) is 17.4. The van der Waals surface area contributed by atoms with Crippen molar-refractivity contribution in [2.24, 2.45) is 0 Å². The van der Waals surface area contributed by atoms with Crippen LogP contribution < -0.4 is 10.2 Å². The SMILES string of the molecule is O=C(Nc1ccc(F)cn1)N1C2CCC1CN(c1ncccc1Cl)C2. The maximum atomic E-state index is 12.9. The number of aromatic nitrogens is 2. The van der Waals surface area contributed by atoms with Crippen LogP contribution in [0.5, 0.6) is 0 Å². The van der Waals surface area contributed by atoms with Gasteiger partial charge < -0.3 is 9.80 Å². The molecular formula is C17H17ClFN5O. The lowest BCUT2D eigenvalue weighted by Gasteiger charge is -2.41. The predicted octanol–water partition coefficient (Wildman–Crippen LogP) is 3.15. The van der Waals surface area contributed by atoms with Crippen molar-refractivity contribution >= 4 is 29.3 Å². The highest BCUT2D eigenvalue weighted by Gasteiger charge is 2.43. The van der Waals surface area contributed by atoms with Crippen LogP contribution in [0.1, 0.15) is 12.8 Å². The quantitative estimate of drug-likeness (QED) is 0.892. The lowest BCUT2D eigenvalue weighted by atomic mass is 10.2. The molecule has 8 heteroatoms. The largest absolute Gasteiger partial charge is 0.351 e. The van der Waals surface area contributed by atoms with Gasteiger partial charge in [-0.05, 0) is 37.1 Å². The Kier molecular flexibility index (Phi) is 4.17. The van der Waals surface area contributed by atoms with Crippen molar-refractivity contribution in [1.29, 1.82) is 0 Å². The van der Waals surface area contributed by atoms with E-state index in [0.717, 1.165) is 24.9 Å². The number of piperazine rings is 1. The zero-order valence-corrected chi connectivity index (χ0v) is 14.2. The van der Waals surface area contributed by atoms with Crippen molar-refractivity contribution in [3.63, 3.8) is 0 Å². The summed E-state index contributed by atoms with van der Waals surface area (Å²) in [4.78, 5) is 24.9. The van der Waals surface area contributed by atoms with Crippen LogP contribution in [0.2, 0.25) is 5.02 Å².